The van der Waals surface area contributed by atoms with Crippen molar-refractivity contribution in [1.29, 1.82) is 0 Å². The number of nitrogens with zero attached hydrogens (tertiary/aromatic N) is 2. The lowest BCUT2D eigenvalue weighted by Gasteiger charge is -2.39. The van der Waals surface area contributed by atoms with Crippen LogP contribution in [0, 0.1) is 17.3 Å². The molecule has 1 saturated carbocycles. The average Bonchev–Trinajstić information content (AvgIpc) is 3.18. The summed E-state index contributed by atoms with van der Waals surface area (Å²) in [6, 6.07) is 0. The fraction of sp³-hybridized carbons (Fsp3) is 0.875. The van der Waals surface area contributed by atoms with Gasteiger partial charge in [0.2, 0.25) is 11.8 Å². The zero-order valence-electron chi connectivity index (χ0n) is 13.2. The van der Waals surface area contributed by atoms with E-state index in [1.54, 1.807) is 4.90 Å². The molecule has 6 heteroatoms. The minimum absolute atomic E-state index is 0.101. The number of rotatable bonds is 5. The molecule has 3 rings (SSSR count). The summed E-state index contributed by atoms with van der Waals surface area (Å²) in [6.45, 7) is 4.62. The van der Waals surface area contributed by atoms with E-state index in [1.807, 2.05) is 0 Å². The third kappa shape index (κ3) is 2.99. The van der Waals surface area contributed by atoms with Crippen molar-refractivity contribution < 1.29 is 14.7 Å². The third-order valence-electron chi connectivity index (χ3n) is 5.52. The van der Waals surface area contributed by atoms with Crippen LogP contribution >= 0.6 is 0 Å². The summed E-state index contributed by atoms with van der Waals surface area (Å²) in [7, 11) is 0. The highest BCUT2D eigenvalue weighted by Gasteiger charge is 2.57. The summed E-state index contributed by atoms with van der Waals surface area (Å²) in [5.41, 5.74) is 4.50. The molecule has 0 bridgehead atoms. The first-order chi connectivity index (χ1) is 10.5. The first-order valence-electron chi connectivity index (χ1n) is 8.47. The first-order valence-corrected chi connectivity index (χ1v) is 8.47. The normalized spacial score (nSPS) is 31.2. The van der Waals surface area contributed by atoms with Crippen molar-refractivity contribution in [3.63, 3.8) is 0 Å². The SMILES string of the molecule is NC(=O)C1(C(=O)N2CC(CO)CC(CN3CCCC3)C2)CC1. The molecule has 3 N–H and O–H groups in total. The van der Waals surface area contributed by atoms with E-state index in [-0.39, 0.29) is 18.4 Å². The van der Waals surface area contributed by atoms with Gasteiger partial charge in [-0.3, -0.25) is 9.59 Å². The number of hydrogen-bond donors (Lipinski definition) is 2. The smallest absolute Gasteiger partial charge is 0.238 e. The van der Waals surface area contributed by atoms with Crippen LogP contribution in [-0.4, -0.2) is 66.1 Å². The standard InChI is InChI=1S/C16H27N3O3/c17-14(21)16(3-4-16)15(22)19-9-12(7-13(10-19)11-20)8-18-5-1-2-6-18/h12-13,20H,1-11H2,(H2,17,21). The number of primary amides is 1. The highest BCUT2D eigenvalue weighted by molar-refractivity contribution is 6.07. The molecule has 0 aromatic rings. The van der Waals surface area contributed by atoms with Crippen molar-refractivity contribution in [1.82, 2.24) is 9.80 Å². The van der Waals surface area contributed by atoms with Gasteiger partial charge in [0.05, 0.1) is 0 Å². The Bertz CT molecular complexity index is 444. The number of amides is 2. The van der Waals surface area contributed by atoms with Crippen LogP contribution in [0.5, 0.6) is 0 Å². The van der Waals surface area contributed by atoms with Gasteiger partial charge in [-0.2, -0.15) is 0 Å². The Morgan fingerprint density at radius 2 is 1.77 bits per heavy atom. The topological polar surface area (TPSA) is 86.9 Å². The second-order valence-corrected chi connectivity index (χ2v) is 7.31. The fourth-order valence-corrected chi connectivity index (χ4v) is 4.07. The van der Waals surface area contributed by atoms with Gasteiger partial charge in [0.25, 0.3) is 0 Å². The Kier molecular flexibility index (Phi) is 4.41. The minimum Gasteiger partial charge on any atom is -0.396 e. The molecule has 0 aromatic carbocycles. The second kappa shape index (κ2) is 6.16. The van der Waals surface area contributed by atoms with Crippen molar-refractivity contribution in [3.05, 3.63) is 0 Å². The van der Waals surface area contributed by atoms with Gasteiger partial charge >= 0.3 is 0 Å². The molecule has 22 heavy (non-hydrogen) atoms. The largest absolute Gasteiger partial charge is 0.396 e. The molecular weight excluding hydrogens is 282 g/mol. The Morgan fingerprint density at radius 3 is 2.32 bits per heavy atom. The predicted octanol–water partition coefficient (Wildman–Crippen LogP) is -0.195. The highest BCUT2D eigenvalue weighted by Crippen LogP contribution is 2.47. The maximum absolute atomic E-state index is 12.7. The lowest BCUT2D eigenvalue weighted by atomic mass is 9.88. The van der Waals surface area contributed by atoms with Crippen molar-refractivity contribution in [2.45, 2.75) is 32.1 Å². The second-order valence-electron chi connectivity index (χ2n) is 7.31. The lowest BCUT2D eigenvalue weighted by molar-refractivity contribution is -0.145. The summed E-state index contributed by atoms with van der Waals surface area (Å²) in [5, 5.41) is 9.55. The van der Waals surface area contributed by atoms with Crippen LogP contribution in [0.3, 0.4) is 0 Å². The molecule has 2 aliphatic heterocycles. The fourth-order valence-electron chi connectivity index (χ4n) is 4.07. The molecule has 2 heterocycles. The molecule has 0 radical (unpaired) electrons. The molecule has 3 fully saturated rings. The van der Waals surface area contributed by atoms with Gasteiger partial charge in [-0.1, -0.05) is 0 Å². The molecule has 2 saturated heterocycles. The Hall–Kier alpha value is -1.14. The van der Waals surface area contributed by atoms with Gasteiger partial charge in [0, 0.05) is 26.2 Å². The van der Waals surface area contributed by atoms with Crippen LogP contribution in [0.25, 0.3) is 0 Å². The molecule has 0 aromatic heterocycles. The minimum atomic E-state index is -0.935. The van der Waals surface area contributed by atoms with Crippen molar-refractivity contribution in [3.8, 4) is 0 Å². The van der Waals surface area contributed by atoms with Gasteiger partial charge < -0.3 is 20.6 Å². The van der Waals surface area contributed by atoms with Gasteiger partial charge in [-0.05, 0) is 57.0 Å². The maximum Gasteiger partial charge on any atom is 0.238 e. The zero-order valence-corrected chi connectivity index (χ0v) is 13.2. The third-order valence-corrected chi connectivity index (χ3v) is 5.52. The molecule has 124 valence electrons. The number of likely N-dealkylation sites (tertiary alicyclic amines) is 2. The van der Waals surface area contributed by atoms with E-state index in [0.29, 0.717) is 31.8 Å². The van der Waals surface area contributed by atoms with E-state index in [9.17, 15) is 14.7 Å². The summed E-state index contributed by atoms with van der Waals surface area (Å²) in [4.78, 5) is 28.5. The highest BCUT2D eigenvalue weighted by atomic mass is 16.3. The molecule has 2 unspecified atom stereocenters. The van der Waals surface area contributed by atoms with Gasteiger partial charge in [0.1, 0.15) is 5.41 Å². The molecule has 0 spiro atoms. The molecule has 2 atom stereocenters. The van der Waals surface area contributed by atoms with E-state index in [4.69, 9.17) is 5.73 Å². The van der Waals surface area contributed by atoms with E-state index in [1.165, 1.54) is 12.8 Å². The van der Waals surface area contributed by atoms with Crippen molar-refractivity contribution >= 4 is 11.8 Å². The van der Waals surface area contributed by atoms with Crippen LogP contribution in [0.2, 0.25) is 0 Å². The van der Waals surface area contributed by atoms with E-state index in [0.717, 1.165) is 26.1 Å². The number of piperidine rings is 1. The molecule has 3 aliphatic rings. The molecular formula is C16H27N3O3. The van der Waals surface area contributed by atoms with Crippen LogP contribution in [0.1, 0.15) is 32.1 Å². The molecule has 2 amide bonds. The Morgan fingerprint density at radius 1 is 1.14 bits per heavy atom. The van der Waals surface area contributed by atoms with Crippen molar-refractivity contribution in [2.24, 2.45) is 23.0 Å². The van der Waals surface area contributed by atoms with Crippen LogP contribution in [0.15, 0.2) is 0 Å². The molecule has 1 aliphatic carbocycles. The number of aliphatic hydroxyl groups is 1. The average molecular weight is 309 g/mol. The van der Waals surface area contributed by atoms with E-state index >= 15 is 0 Å². The summed E-state index contributed by atoms with van der Waals surface area (Å²) in [6.07, 6.45) is 4.63. The Labute approximate surface area is 131 Å². The zero-order chi connectivity index (χ0) is 15.7. The monoisotopic (exact) mass is 309 g/mol. The van der Waals surface area contributed by atoms with Gasteiger partial charge in [0.15, 0.2) is 0 Å². The number of hydrogen-bond acceptors (Lipinski definition) is 4. The van der Waals surface area contributed by atoms with Crippen LogP contribution in [-0.2, 0) is 9.59 Å². The van der Waals surface area contributed by atoms with Crippen LogP contribution < -0.4 is 5.73 Å². The van der Waals surface area contributed by atoms with E-state index in [2.05, 4.69) is 4.90 Å². The Balaban J connectivity index is 1.65. The summed E-state index contributed by atoms with van der Waals surface area (Å²) in [5.74, 6) is -0.0881. The quantitative estimate of drug-likeness (QED) is 0.689. The number of carbonyl (C=O) groups excluding carboxylic acids is 2. The van der Waals surface area contributed by atoms with Crippen LogP contribution in [0.4, 0.5) is 0 Å². The van der Waals surface area contributed by atoms with Crippen molar-refractivity contribution in [2.75, 3.05) is 39.3 Å². The first kappa shape index (κ1) is 15.7. The van der Waals surface area contributed by atoms with Gasteiger partial charge in [-0.25, -0.2) is 0 Å². The summed E-state index contributed by atoms with van der Waals surface area (Å²) < 4.78 is 0. The number of carbonyl (C=O) groups is 2. The summed E-state index contributed by atoms with van der Waals surface area (Å²) >= 11 is 0. The number of nitrogens with two attached hydrogens (primary N) is 1. The predicted molar refractivity (Wildman–Crippen MR) is 81.8 cm³/mol. The molecule has 6 nitrogen and oxygen atoms in total. The lowest BCUT2D eigenvalue weighted by Crippen LogP contribution is -2.52. The maximum atomic E-state index is 12.7. The number of aliphatic hydroxyl groups excluding tert-OH is 1. The van der Waals surface area contributed by atoms with E-state index < -0.39 is 11.3 Å². The van der Waals surface area contributed by atoms with Gasteiger partial charge in [-0.15, -0.1) is 0 Å².